The maximum atomic E-state index is 4.08. The molecule has 2 aliphatic carbocycles. The minimum absolute atomic E-state index is 0.203. The molecule has 0 aromatic rings. The molecule has 0 amide bonds. The molecule has 0 N–H and O–H groups in total. The molecule has 2 fully saturated rings. The molecular formula is C12H21P. The van der Waals surface area contributed by atoms with E-state index in [4.69, 9.17) is 0 Å². The van der Waals surface area contributed by atoms with Gasteiger partial charge in [-0.3, -0.25) is 0 Å². The van der Waals surface area contributed by atoms with Crippen molar-refractivity contribution in [3.05, 3.63) is 12.4 Å². The molecule has 2 saturated carbocycles. The zero-order valence-electron chi connectivity index (χ0n) is 8.54. The van der Waals surface area contributed by atoms with Crippen LogP contribution in [0.15, 0.2) is 12.4 Å². The predicted molar refractivity (Wildman–Crippen MR) is 61.6 cm³/mol. The lowest BCUT2D eigenvalue weighted by Gasteiger charge is -2.26. The van der Waals surface area contributed by atoms with Crippen molar-refractivity contribution in [1.29, 1.82) is 0 Å². The number of hydrogen-bond donors (Lipinski definition) is 0. The third-order valence-electron chi connectivity index (χ3n) is 3.70. The zero-order valence-corrected chi connectivity index (χ0v) is 9.44. The standard InChI is InChI=1S/C12H21P/c1-2-13(11-7-3-4-8-11)12-9-5-6-10-12/h2,11-12H,1,3-10H2. The van der Waals surface area contributed by atoms with Gasteiger partial charge >= 0.3 is 0 Å². The molecule has 0 heterocycles. The van der Waals surface area contributed by atoms with E-state index >= 15 is 0 Å². The van der Waals surface area contributed by atoms with Gasteiger partial charge in [-0.2, -0.15) is 0 Å². The first-order valence-corrected chi connectivity index (χ1v) is 7.37. The van der Waals surface area contributed by atoms with Crippen LogP contribution in [-0.2, 0) is 0 Å². The monoisotopic (exact) mass is 196 g/mol. The van der Waals surface area contributed by atoms with Crippen LogP contribution in [0, 0.1) is 0 Å². The molecule has 0 radical (unpaired) electrons. The molecule has 1 heteroatoms. The van der Waals surface area contributed by atoms with Crippen molar-refractivity contribution in [2.24, 2.45) is 0 Å². The molecule has 13 heavy (non-hydrogen) atoms. The largest absolute Gasteiger partial charge is 0.0986 e. The third-order valence-corrected chi connectivity index (χ3v) is 6.84. The Morgan fingerprint density at radius 2 is 1.23 bits per heavy atom. The minimum atomic E-state index is 0.203. The smallest absolute Gasteiger partial charge is 0.0172 e. The lowest BCUT2D eigenvalue weighted by Crippen LogP contribution is -2.07. The van der Waals surface area contributed by atoms with Crippen molar-refractivity contribution in [2.45, 2.75) is 62.7 Å². The second-order valence-corrected chi connectivity index (χ2v) is 7.23. The van der Waals surface area contributed by atoms with Gasteiger partial charge in [0.15, 0.2) is 0 Å². The molecule has 0 saturated heterocycles. The van der Waals surface area contributed by atoms with E-state index in [0.29, 0.717) is 0 Å². The molecule has 0 aromatic carbocycles. The summed E-state index contributed by atoms with van der Waals surface area (Å²) in [5, 5.41) is 0. The van der Waals surface area contributed by atoms with E-state index in [1.807, 2.05) is 0 Å². The van der Waals surface area contributed by atoms with Gasteiger partial charge in [0.05, 0.1) is 0 Å². The molecule has 0 bridgehead atoms. The Labute approximate surface area is 83.6 Å². The van der Waals surface area contributed by atoms with Crippen molar-refractivity contribution >= 4 is 7.92 Å². The second kappa shape index (κ2) is 4.60. The third kappa shape index (κ3) is 2.15. The number of rotatable bonds is 3. The predicted octanol–water partition coefficient (Wildman–Crippen LogP) is 4.50. The topological polar surface area (TPSA) is 0 Å². The van der Waals surface area contributed by atoms with Crippen molar-refractivity contribution < 1.29 is 0 Å². The summed E-state index contributed by atoms with van der Waals surface area (Å²) >= 11 is 0. The highest BCUT2D eigenvalue weighted by molar-refractivity contribution is 7.62. The van der Waals surface area contributed by atoms with Crippen LogP contribution < -0.4 is 0 Å². The van der Waals surface area contributed by atoms with E-state index in [-0.39, 0.29) is 7.92 Å². The van der Waals surface area contributed by atoms with Crippen molar-refractivity contribution in [2.75, 3.05) is 0 Å². The fourth-order valence-electron chi connectivity index (χ4n) is 3.00. The van der Waals surface area contributed by atoms with Crippen LogP contribution in [0.1, 0.15) is 51.4 Å². The van der Waals surface area contributed by atoms with E-state index in [9.17, 15) is 0 Å². The van der Waals surface area contributed by atoms with Crippen LogP contribution in [0.5, 0.6) is 0 Å². The lowest BCUT2D eigenvalue weighted by molar-refractivity contribution is 0.835. The van der Waals surface area contributed by atoms with Gasteiger partial charge in [-0.1, -0.05) is 46.0 Å². The van der Waals surface area contributed by atoms with E-state index in [0.717, 1.165) is 11.3 Å². The summed E-state index contributed by atoms with van der Waals surface area (Å²) in [5.74, 6) is 2.33. The van der Waals surface area contributed by atoms with Crippen molar-refractivity contribution in [3.8, 4) is 0 Å². The Bertz CT molecular complexity index is 148. The maximum absolute atomic E-state index is 4.08. The molecule has 2 aliphatic rings. The fraction of sp³-hybridized carbons (Fsp3) is 0.833. The van der Waals surface area contributed by atoms with Gasteiger partial charge in [0, 0.05) is 0 Å². The average molecular weight is 196 g/mol. The minimum Gasteiger partial charge on any atom is -0.0986 e. The van der Waals surface area contributed by atoms with Crippen molar-refractivity contribution in [3.63, 3.8) is 0 Å². The molecule has 0 spiro atoms. The summed E-state index contributed by atoms with van der Waals surface area (Å²) in [5.41, 5.74) is 2.13. The SMILES string of the molecule is C=CP(C1CCCC1)C1CCCC1. The number of hydrogen-bond acceptors (Lipinski definition) is 0. The highest BCUT2D eigenvalue weighted by Crippen LogP contribution is 2.57. The van der Waals surface area contributed by atoms with Crippen LogP contribution >= 0.6 is 7.92 Å². The van der Waals surface area contributed by atoms with Crippen LogP contribution in [0.25, 0.3) is 0 Å². The molecule has 74 valence electrons. The van der Waals surface area contributed by atoms with Gasteiger partial charge in [0.2, 0.25) is 0 Å². The maximum Gasteiger partial charge on any atom is -0.0172 e. The summed E-state index contributed by atoms with van der Waals surface area (Å²) in [6.45, 7) is 4.08. The van der Waals surface area contributed by atoms with E-state index in [1.54, 1.807) is 0 Å². The summed E-state index contributed by atoms with van der Waals surface area (Å²) < 4.78 is 0. The van der Waals surface area contributed by atoms with Crippen LogP contribution in [0.3, 0.4) is 0 Å². The van der Waals surface area contributed by atoms with Gasteiger partial charge in [0.1, 0.15) is 0 Å². The Kier molecular flexibility index (Phi) is 3.44. The summed E-state index contributed by atoms with van der Waals surface area (Å²) in [4.78, 5) is 0. The second-order valence-electron chi connectivity index (χ2n) is 4.51. The van der Waals surface area contributed by atoms with E-state index < -0.39 is 0 Å². The summed E-state index contributed by atoms with van der Waals surface area (Å²) in [6, 6.07) is 0. The molecule has 0 nitrogen and oxygen atoms in total. The van der Waals surface area contributed by atoms with Gasteiger partial charge < -0.3 is 0 Å². The van der Waals surface area contributed by atoms with Crippen LogP contribution in [0.4, 0.5) is 0 Å². The molecule has 0 atom stereocenters. The highest BCUT2D eigenvalue weighted by Gasteiger charge is 2.30. The van der Waals surface area contributed by atoms with E-state index in [2.05, 4.69) is 12.4 Å². The van der Waals surface area contributed by atoms with Gasteiger partial charge in [0.25, 0.3) is 0 Å². The van der Waals surface area contributed by atoms with Gasteiger partial charge in [-0.15, -0.1) is 0 Å². The normalized spacial score (nSPS) is 25.9. The van der Waals surface area contributed by atoms with Crippen LogP contribution in [0.2, 0.25) is 0 Å². The average Bonchev–Trinajstić information content (AvgIpc) is 2.76. The Hall–Kier alpha value is 0.170. The zero-order chi connectivity index (χ0) is 9.10. The van der Waals surface area contributed by atoms with Crippen LogP contribution in [-0.4, -0.2) is 11.3 Å². The molecule has 0 aliphatic heterocycles. The first kappa shape index (κ1) is 9.71. The van der Waals surface area contributed by atoms with Gasteiger partial charge in [-0.05, 0) is 37.0 Å². The Morgan fingerprint density at radius 1 is 0.846 bits per heavy atom. The lowest BCUT2D eigenvalue weighted by atomic mass is 10.4. The quantitative estimate of drug-likeness (QED) is 0.583. The van der Waals surface area contributed by atoms with Gasteiger partial charge in [-0.25, -0.2) is 0 Å². The summed E-state index contributed by atoms with van der Waals surface area (Å²) in [6.07, 6.45) is 12.0. The first-order chi connectivity index (χ1) is 6.42. The fourth-order valence-corrected chi connectivity index (χ4v) is 6.12. The summed E-state index contributed by atoms with van der Waals surface area (Å²) in [7, 11) is 0.203. The Morgan fingerprint density at radius 3 is 1.54 bits per heavy atom. The molecule has 0 unspecified atom stereocenters. The molecule has 2 rings (SSSR count). The Balaban J connectivity index is 1.94. The molecular weight excluding hydrogens is 175 g/mol. The first-order valence-electron chi connectivity index (χ1n) is 5.82. The van der Waals surface area contributed by atoms with E-state index in [1.165, 1.54) is 51.4 Å². The molecule has 0 aromatic heterocycles. The highest BCUT2D eigenvalue weighted by atomic mass is 31.1. The van der Waals surface area contributed by atoms with Crippen molar-refractivity contribution in [1.82, 2.24) is 0 Å².